The standard InChI is InChI=1S/C20H33N/c1-15-6-10-18(11-7-15)16(2)21-14-17-8-12-19(13-9-17)20(3,4)5/h6-7,10-11,16-17,19,21H,8-9,12-14H2,1-5H3/t16-,17?,19?/m0/s1. The minimum absolute atomic E-state index is 0.464. The van der Waals surface area contributed by atoms with E-state index in [1.54, 1.807) is 0 Å². The Hall–Kier alpha value is -0.820. The second-order valence-corrected chi connectivity index (χ2v) is 8.12. The van der Waals surface area contributed by atoms with Gasteiger partial charge in [-0.05, 0) is 68.9 Å². The quantitative estimate of drug-likeness (QED) is 0.771. The Kier molecular flexibility index (Phi) is 5.48. The highest BCUT2D eigenvalue weighted by molar-refractivity contribution is 5.23. The third-order valence-corrected chi connectivity index (χ3v) is 5.36. The van der Waals surface area contributed by atoms with Gasteiger partial charge in [-0.25, -0.2) is 0 Å². The predicted octanol–water partition coefficient (Wildman–Crippen LogP) is 5.50. The van der Waals surface area contributed by atoms with Crippen molar-refractivity contribution in [1.29, 1.82) is 0 Å². The molecule has 2 rings (SSSR count). The van der Waals surface area contributed by atoms with E-state index in [1.165, 1.54) is 43.4 Å². The number of rotatable bonds is 4. The van der Waals surface area contributed by atoms with Gasteiger partial charge in [0.25, 0.3) is 0 Å². The molecule has 1 saturated carbocycles. The molecule has 1 atom stereocenters. The van der Waals surface area contributed by atoms with Crippen molar-refractivity contribution in [3.63, 3.8) is 0 Å². The molecule has 0 heterocycles. The summed E-state index contributed by atoms with van der Waals surface area (Å²) < 4.78 is 0. The molecule has 0 radical (unpaired) electrons. The van der Waals surface area contributed by atoms with Crippen LogP contribution in [-0.4, -0.2) is 6.54 Å². The summed E-state index contributed by atoms with van der Waals surface area (Å²) >= 11 is 0. The van der Waals surface area contributed by atoms with Gasteiger partial charge in [-0.15, -0.1) is 0 Å². The zero-order valence-corrected chi connectivity index (χ0v) is 14.6. The van der Waals surface area contributed by atoms with Crippen LogP contribution in [0.25, 0.3) is 0 Å². The molecule has 0 amide bonds. The lowest BCUT2D eigenvalue weighted by molar-refractivity contribution is 0.148. The maximum absolute atomic E-state index is 3.74. The third kappa shape index (κ3) is 4.85. The minimum Gasteiger partial charge on any atom is -0.310 e. The first kappa shape index (κ1) is 16.5. The monoisotopic (exact) mass is 287 g/mol. The molecule has 21 heavy (non-hydrogen) atoms. The van der Waals surface area contributed by atoms with Gasteiger partial charge >= 0.3 is 0 Å². The molecule has 1 nitrogen and oxygen atoms in total. The number of benzene rings is 1. The SMILES string of the molecule is Cc1ccc([C@H](C)NCC2CCC(C(C)(C)C)CC2)cc1. The lowest BCUT2D eigenvalue weighted by atomic mass is 9.70. The van der Waals surface area contributed by atoms with E-state index in [9.17, 15) is 0 Å². The van der Waals surface area contributed by atoms with Crippen LogP contribution >= 0.6 is 0 Å². The first-order valence-corrected chi connectivity index (χ1v) is 8.66. The summed E-state index contributed by atoms with van der Waals surface area (Å²) in [5.74, 6) is 1.79. The van der Waals surface area contributed by atoms with Crippen LogP contribution in [0.2, 0.25) is 0 Å². The van der Waals surface area contributed by atoms with Gasteiger partial charge in [-0.3, -0.25) is 0 Å². The number of aryl methyl sites for hydroxylation is 1. The zero-order chi connectivity index (χ0) is 15.5. The summed E-state index contributed by atoms with van der Waals surface area (Å²) in [7, 11) is 0. The van der Waals surface area contributed by atoms with Crippen LogP contribution in [-0.2, 0) is 0 Å². The van der Waals surface area contributed by atoms with E-state index in [1.807, 2.05) is 0 Å². The molecule has 0 saturated heterocycles. The van der Waals surface area contributed by atoms with Gasteiger partial charge in [0.2, 0.25) is 0 Å². The van der Waals surface area contributed by atoms with Gasteiger partial charge in [-0.2, -0.15) is 0 Å². The van der Waals surface area contributed by atoms with Gasteiger partial charge in [0.15, 0.2) is 0 Å². The van der Waals surface area contributed by atoms with E-state index in [0.717, 1.165) is 11.8 Å². The molecule has 1 N–H and O–H groups in total. The molecule has 0 aromatic heterocycles. The van der Waals surface area contributed by atoms with Gasteiger partial charge in [0.05, 0.1) is 0 Å². The van der Waals surface area contributed by atoms with Gasteiger partial charge in [0.1, 0.15) is 0 Å². The van der Waals surface area contributed by atoms with Crippen molar-refractivity contribution in [2.75, 3.05) is 6.54 Å². The second kappa shape index (κ2) is 6.96. The van der Waals surface area contributed by atoms with Crippen molar-refractivity contribution in [1.82, 2.24) is 5.32 Å². The molecule has 0 aliphatic heterocycles. The average molecular weight is 287 g/mol. The van der Waals surface area contributed by atoms with Crippen LogP contribution in [0, 0.1) is 24.2 Å². The molecule has 118 valence electrons. The molecule has 1 aromatic carbocycles. The van der Waals surface area contributed by atoms with Crippen LogP contribution < -0.4 is 5.32 Å². The normalized spacial score (nSPS) is 24.8. The summed E-state index contributed by atoms with van der Waals surface area (Å²) in [6.07, 6.45) is 5.62. The van der Waals surface area contributed by atoms with E-state index < -0.39 is 0 Å². The molecule has 1 fully saturated rings. The Morgan fingerprint density at radius 1 is 1.05 bits per heavy atom. The molecular weight excluding hydrogens is 254 g/mol. The van der Waals surface area contributed by atoms with Gasteiger partial charge in [0, 0.05) is 6.04 Å². The number of nitrogens with one attached hydrogen (secondary N) is 1. The van der Waals surface area contributed by atoms with E-state index in [2.05, 4.69) is 64.2 Å². The van der Waals surface area contributed by atoms with E-state index in [4.69, 9.17) is 0 Å². The van der Waals surface area contributed by atoms with Crippen LogP contribution in [0.15, 0.2) is 24.3 Å². The van der Waals surface area contributed by atoms with Crippen LogP contribution in [0.3, 0.4) is 0 Å². The Morgan fingerprint density at radius 2 is 1.62 bits per heavy atom. The fourth-order valence-corrected chi connectivity index (χ4v) is 3.55. The van der Waals surface area contributed by atoms with Crippen molar-refractivity contribution in [2.45, 2.75) is 66.3 Å². The maximum atomic E-state index is 3.74. The molecule has 1 aromatic rings. The molecule has 1 heteroatoms. The number of hydrogen-bond acceptors (Lipinski definition) is 1. The van der Waals surface area contributed by atoms with Gasteiger partial charge in [-0.1, -0.05) is 50.6 Å². The van der Waals surface area contributed by atoms with Crippen molar-refractivity contribution in [3.8, 4) is 0 Å². The Morgan fingerprint density at radius 3 is 2.14 bits per heavy atom. The second-order valence-electron chi connectivity index (χ2n) is 8.12. The third-order valence-electron chi connectivity index (χ3n) is 5.36. The smallest absolute Gasteiger partial charge is 0.0291 e. The highest BCUT2D eigenvalue weighted by Gasteiger charge is 2.29. The summed E-state index contributed by atoms with van der Waals surface area (Å²) in [6.45, 7) is 12.8. The van der Waals surface area contributed by atoms with E-state index in [-0.39, 0.29) is 0 Å². The zero-order valence-electron chi connectivity index (χ0n) is 14.6. The van der Waals surface area contributed by atoms with Crippen molar-refractivity contribution < 1.29 is 0 Å². The van der Waals surface area contributed by atoms with E-state index >= 15 is 0 Å². The van der Waals surface area contributed by atoms with Crippen LogP contribution in [0.1, 0.15) is 70.5 Å². The van der Waals surface area contributed by atoms with Crippen molar-refractivity contribution in [2.24, 2.45) is 17.3 Å². The average Bonchev–Trinajstić information content (AvgIpc) is 2.45. The highest BCUT2D eigenvalue weighted by Crippen LogP contribution is 2.39. The fourth-order valence-electron chi connectivity index (χ4n) is 3.55. The van der Waals surface area contributed by atoms with Crippen molar-refractivity contribution in [3.05, 3.63) is 35.4 Å². The van der Waals surface area contributed by atoms with Crippen LogP contribution in [0.4, 0.5) is 0 Å². The predicted molar refractivity (Wildman–Crippen MR) is 92.5 cm³/mol. The fraction of sp³-hybridized carbons (Fsp3) is 0.700. The first-order valence-electron chi connectivity index (χ1n) is 8.66. The highest BCUT2D eigenvalue weighted by atomic mass is 14.9. The summed E-state index contributed by atoms with van der Waals surface area (Å²) in [5, 5.41) is 3.74. The first-order chi connectivity index (χ1) is 9.86. The Balaban J connectivity index is 1.76. The molecule has 0 unspecified atom stereocenters. The van der Waals surface area contributed by atoms with Crippen molar-refractivity contribution >= 4 is 0 Å². The molecule has 1 aliphatic rings. The Bertz CT molecular complexity index is 418. The lowest BCUT2D eigenvalue weighted by Gasteiger charge is -2.37. The molecular formula is C20H33N. The minimum atomic E-state index is 0.464. The summed E-state index contributed by atoms with van der Waals surface area (Å²) in [5.41, 5.74) is 3.24. The summed E-state index contributed by atoms with van der Waals surface area (Å²) in [6, 6.07) is 9.39. The maximum Gasteiger partial charge on any atom is 0.0291 e. The number of hydrogen-bond donors (Lipinski definition) is 1. The molecule has 0 bridgehead atoms. The summed E-state index contributed by atoms with van der Waals surface area (Å²) in [4.78, 5) is 0. The largest absolute Gasteiger partial charge is 0.310 e. The van der Waals surface area contributed by atoms with E-state index in [0.29, 0.717) is 11.5 Å². The lowest BCUT2D eigenvalue weighted by Crippen LogP contribution is -2.31. The van der Waals surface area contributed by atoms with Gasteiger partial charge < -0.3 is 5.32 Å². The van der Waals surface area contributed by atoms with Crippen LogP contribution in [0.5, 0.6) is 0 Å². The molecule has 0 spiro atoms. The Labute approximate surface area is 131 Å². The topological polar surface area (TPSA) is 12.0 Å². The molecule has 1 aliphatic carbocycles.